The maximum atomic E-state index is 12.5. The number of nitrogens with two attached hydrogens (primary N) is 1. The normalized spacial score (nSPS) is 12.5. The minimum atomic E-state index is -4.48. The van der Waals surface area contributed by atoms with Gasteiger partial charge < -0.3 is 11.1 Å². The van der Waals surface area contributed by atoms with Gasteiger partial charge in [-0.2, -0.15) is 13.2 Å². The summed E-state index contributed by atoms with van der Waals surface area (Å²) in [5.74, 6) is -1.40. The van der Waals surface area contributed by atoms with Gasteiger partial charge in [-0.05, 0) is 42.0 Å². The quantitative estimate of drug-likeness (QED) is 0.787. The van der Waals surface area contributed by atoms with Crippen molar-refractivity contribution < 1.29 is 22.8 Å². The van der Waals surface area contributed by atoms with Crippen molar-refractivity contribution in [3.63, 3.8) is 0 Å². The molecule has 132 valence electrons. The van der Waals surface area contributed by atoms with Gasteiger partial charge in [0.25, 0.3) is 5.91 Å². The fourth-order valence-corrected chi connectivity index (χ4v) is 2.40. The van der Waals surface area contributed by atoms with Crippen LogP contribution < -0.4 is 11.1 Å². The van der Waals surface area contributed by atoms with Crippen LogP contribution in [0.5, 0.6) is 0 Å². The average molecular weight is 415 g/mol. The summed E-state index contributed by atoms with van der Waals surface area (Å²) in [5.41, 5.74) is 5.24. The Morgan fingerprint density at radius 2 is 1.60 bits per heavy atom. The van der Waals surface area contributed by atoms with Crippen LogP contribution in [0.2, 0.25) is 0 Å². The van der Waals surface area contributed by atoms with Crippen molar-refractivity contribution in [2.24, 2.45) is 5.73 Å². The molecule has 3 N–H and O–H groups in total. The summed E-state index contributed by atoms with van der Waals surface area (Å²) in [6, 6.07) is 9.85. The molecule has 0 aliphatic heterocycles. The molecule has 0 unspecified atom stereocenters. The number of rotatable bonds is 5. The van der Waals surface area contributed by atoms with E-state index in [-0.39, 0.29) is 12.0 Å². The number of carbonyl (C=O) groups excluding carboxylic acids is 2. The van der Waals surface area contributed by atoms with Gasteiger partial charge in [-0.3, -0.25) is 9.59 Å². The predicted octanol–water partition coefficient (Wildman–Crippen LogP) is 3.29. The lowest BCUT2D eigenvalue weighted by atomic mass is 10.0. The van der Waals surface area contributed by atoms with E-state index in [4.69, 9.17) is 5.73 Å². The molecule has 4 nitrogen and oxygen atoms in total. The molecule has 25 heavy (non-hydrogen) atoms. The van der Waals surface area contributed by atoms with Gasteiger partial charge >= 0.3 is 6.18 Å². The highest BCUT2D eigenvalue weighted by atomic mass is 79.9. The minimum absolute atomic E-state index is 0.00931. The summed E-state index contributed by atoms with van der Waals surface area (Å²) in [7, 11) is 0. The van der Waals surface area contributed by atoms with Gasteiger partial charge in [0.2, 0.25) is 5.91 Å². The van der Waals surface area contributed by atoms with E-state index < -0.39 is 29.6 Å². The standard InChI is InChI=1S/C17H14BrF3N2O2/c18-13-7-1-10(2-8-13)9-14(15(22)24)23-16(25)11-3-5-12(6-4-11)17(19,20)21/h1-8,14H,9H2,(H2,22,24)(H,23,25)/t14-/m1/s1. The Hall–Kier alpha value is -2.35. The van der Waals surface area contributed by atoms with Crippen LogP contribution in [0.1, 0.15) is 21.5 Å². The molecule has 0 radical (unpaired) electrons. The molecule has 0 bridgehead atoms. The Morgan fingerprint density at radius 1 is 1.04 bits per heavy atom. The molecule has 1 atom stereocenters. The molecule has 2 aromatic carbocycles. The first-order chi connectivity index (χ1) is 11.7. The van der Waals surface area contributed by atoms with E-state index in [1.165, 1.54) is 0 Å². The number of nitrogens with one attached hydrogen (secondary N) is 1. The number of carbonyl (C=O) groups is 2. The van der Waals surface area contributed by atoms with Crippen molar-refractivity contribution in [3.05, 3.63) is 69.7 Å². The summed E-state index contributed by atoms with van der Waals surface area (Å²) < 4.78 is 38.5. The Kier molecular flexibility index (Phi) is 5.84. The minimum Gasteiger partial charge on any atom is -0.368 e. The first kappa shape index (κ1) is 19.0. The molecule has 0 fully saturated rings. The number of hydrogen-bond acceptors (Lipinski definition) is 2. The lowest BCUT2D eigenvalue weighted by Crippen LogP contribution is -2.45. The van der Waals surface area contributed by atoms with Gasteiger partial charge in [-0.25, -0.2) is 0 Å². The Morgan fingerprint density at radius 3 is 2.08 bits per heavy atom. The molecule has 0 saturated carbocycles. The third-order valence-corrected chi connectivity index (χ3v) is 4.00. The largest absolute Gasteiger partial charge is 0.416 e. The van der Waals surface area contributed by atoms with E-state index in [0.29, 0.717) is 0 Å². The molecule has 2 rings (SSSR count). The zero-order chi connectivity index (χ0) is 18.6. The molecule has 2 amide bonds. The van der Waals surface area contributed by atoms with Crippen molar-refractivity contribution in [2.45, 2.75) is 18.6 Å². The van der Waals surface area contributed by atoms with Crippen molar-refractivity contribution >= 4 is 27.7 Å². The summed E-state index contributed by atoms with van der Waals surface area (Å²) in [4.78, 5) is 23.7. The molecule has 0 spiro atoms. The number of primary amides is 1. The Balaban J connectivity index is 2.09. The maximum Gasteiger partial charge on any atom is 0.416 e. The van der Waals surface area contributed by atoms with E-state index in [0.717, 1.165) is 34.3 Å². The molecule has 0 aliphatic carbocycles. The monoisotopic (exact) mass is 414 g/mol. The van der Waals surface area contributed by atoms with Gasteiger partial charge in [0, 0.05) is 16.5 Å². The van der Waals surface area contributed by atoms with Crippen LogP contribution >= 0.6 is 15.9 Å². The van der Waals surface area contributed by atoms with Crippen molar-refractivity contribution in [2.75, 3.05) is 0 Å². The number of benzene rings is 2. The molecule has 8 heteroatoms. The second kappa shape index (κ2) is 7.69. The van der Waals surface area contributed by atoms with Crippen molar-refractivity contribution in [1.82, 2.24) is 5.32 Å². The third-order valence-electron chi connectivity index (χ3n) is 3.48. The van der Waals surface area contributed by atoms with Gasteiger partial charge in [0.05, 0.1) is 5.56 Å². The fourth-order valence-electron chi connectivity index (χ4n) is 2.13. The zero-order valence-corrected chi connectivity index (χ0v) is 14.4. The molecule has 2 aromatic rings. The number of alkyl halides is 3. The van der Waals surface area contributed by atoms with Crippen LogP contribution in [0.25, 0.3) is 0 Å². The fraction of sp³-hybridized carbons (Fsp3) is 0.176. The van der Waals surface area contributed by atoms with Gasteiger partial charge in [0.1, 0.15) is 6.04 Å². The SMILES string of the molecule is NC(=O)[C@@H](Cc1ccc(Br)cc1)NC(=O)c1ccc(C(F)(F)F)cc1. The predicted molar refractivity (Wildman–Crippen MR) is 89.7 cm³/mol. The Bertz CT molecular complexity index is 759. The van der Waals surface area contributed by atoms with Crippen molar-refractivity contribution in [3.8, 4) is 0 Å². The van der Waals surface area contributed by atoms with E-state index in [9.17, 15) is 22.8 Å². The van der Waals surface area contributed by atoms with E-state index in [1.54, 1.807) is 24.3 Å². The summed E-state index contributed by atoms with van der Waals surface area (Å²) >= 11 is 3.29. The van der Waals surface area contributed by atoms with E-state index in [1.807, 2.05) is 0 Å². The molecule has 0 saturated heterocycles. The number of hydrogen-bond donors (Lipinski definition) is 2. The van der Waals surface area contributed by atoms with Crippen LogP contribution in [-0.4, -0.2) is 17.9 Å². The Labute approximate surface area is 150 Å². The van der Waals surface area contributed by atoms with Crippen molar-refractivity contribution in [1.29, 1.82) is 0 Å². The molecular weight excluding hydrogens is 401 g/mol. The topological polar surface area (TPSA) is 72.2 Å². The highest BCUT2D eigenvalue weighted by Crippen LogP contribution is 2.29. The lowest BCUT2D eigenvalue weighted by Gasteiger charge is -2.16. The average Bonchev–Trinajstić information content (AvgIpc) is 2.55. The first-order valence-electron chi connectivity index (χ1n) is 7.18. The summed E-state index contributed by atoms with van der Waals surface area (Å²) in [6.07, 6.45) is -4.30. The zero-order valence-electron chi connectivity index (χ0n) is 12.8. The highest BCUT2D eigenvalue weighted by Gasteiger charge is 2.30. The van der Waals surface area contributed by atoms with Crippen LogP contribution in [0.15, 0.2) is 53.0 Å². The van der Waals surface area contributed by atoms with Crippen LogP contribution in [0.4, 0.5) is 13.2 Å². The van der Waals surface area contributed by atoms with Crippen LogP contribution in [0, 0.1) is 0 Å². The lowest BCUT2D eigenvalue weighted by molar-refractivity contribution is -0.137. The van der Waals surface area contributed by atoms with E-state index in [2.05, 4.69) is 21.2 Å². The first-order valence-corrected chi connectivity index (χ1v) is 7.98. The highest BCUT2D eigenvalue weighted by molar-refractivity contribution is 9.10. The van der Waals surface area contributed by atoms with Crippen LogP contribution in [0.3, 0.4) is 0 Å². The van der Waals surface area contributed by atoms with Gasteiger partial charge in [0.15, 0.2) is 0 Å². The maximum absolute atomic E-state index is 12.5. The molecule has 0 aliphatic rings. The third kappa shape index (κ3) is 5.32. The molecule has 0 aromatic heterocycles. The summed E-state index contributed by atoms with van der Waals surface area (Å²) in [5, 5.41) is 2.45. The number of amides is 2. The second-order valence-electron chi connectivity index (χ2n) is 5.33. The smallest absolute Gasteiger partial charge is 0.368 e. The van der Waals surface area contributed by atoms with Gasteiger partial charge in [-0.15, -0.1) is 0 Å². The molecular formula is C17H14BrF3N2O2. The van der Waals surface area contributed by atoms with Gasteiger partial charge in [-0.1, -0.05) is 28.1 Å². The number of halogens is 4. The van der Waals surface area contributed by atoms with Crippen LogP contribution in [-0.2, 0) is 17.4 Å². The summed E-state index contributed by atoms with van der Waals surface area (Å²) in [6.45, 7) is 0. The second-order valence-corrected chi connectivity index (χ2v) is 6.25. The van der Waals surface area contributed by atoms with E-state index >= 15 is 0 Å². The molecule has 0 heterocycles.